The van der Waals surface area contributed by atoms with Gasteiger partial charge >= 0.3 is 0 Å². The molecule has 3 N–H and O–H groups in total. The van der Waals surface area contributed by atoms with Crippen LogP contribution in [0.5, 0.6) is 0 Å². The number of methoxy groups -OCH3 is 1. The van der Waals surface area contributed by atoms with Crippen LogP contribution in [0.4, 0.5) is 5.82 Å². The van der Waals surface area contributed by atoms with Crippen molar-refractivity contribution in [2.24, 2.45) is 0 Å². The summed E-state index contributed by atoms with van der Waals surface area (Å²) in [5, 5.41) is 0.924. The molecule has 1 atom stereocenters. The molecule has 7 nitrogen and oxygen atoms in total. The molecule has 0 spiro atoms. The molecule has 7 heteroatoms. The van der Waals surface area contributed by atoms with Crippen LogP contribution in [0.15, 0.2) is 25.2 Å². The van der Waals surface area contributed by atoms with Crippen LogP contribution in [0.3, 0.4) is 0 Å². The summed E-state index contributed by atoms with van der Waals surface area (Å²) in [7, 11) is 1.66. The van der Waals surface area contributed by atoms with Crippen LogP contribution >= 0.6 is 0 Å². The number of aryl methyl sites for hydroxylation is 1. The predicted octanol–water partition coefficient (Wildman–Crippen LogP) is 3.71. The molecule has 1 aliphatic heterocycles. The SMILES string of the molecule is C=CC(=O)N1CCCC1COC.CC.CC.Cc1c[nH]c2ncnc(N)c12. The van der Waals surface area contributed by atoms with Crippen LogP contribution in [0.1, 0.15) is 46.1 Å². The van der Waals surface area contributed by atoms with Crippen molar-refractivity contribution in [2.75, 3.05) is 26.0 Å². The standard InChI is InChI=1S/C9H15NO2.C7H8N4.2C2H6/c1-3-9(11)10-6-4-5-8(10)7-12-2;1-4-2-9-7-5(4)6(8)10-3-11-7;2*1-2/h3,8H,1,4-7H2,2H3;2-3H,1H3,(H3,8,9,10,11);2*1-2H3. The largest absolute Gasteiger partial charge is 0.383 e. The average Bonchev–Trinajstić information content (AvgIpc) is 3.33. The van der Waals surface area contributed by atoms with Crippen LogP contribution in [0.25, 0.3) is 11.0 Å². The van der Waals surface area contributed by atoms with Gasteiger partial charge in [-0.1, -0.05) is 34.3 Å². The summed E-state index contributed by atoms with van der Waals surface area (Å²) in [6.07, 6.45) is 6.82. The molecule has 0 aromatic carbocycles. The number of carbonyl (C=O) groups excluding carboxylic acids is 1. The zero-order valence-electron chi connectivity index (χ0n) is 17.6. The minimum atomic E-state index is 0.0227. The molecular formula is C20H35N5O2. The number of nitrogens with one attached hydrogen (secondary N) is 1. The van der Waals surface area contributed by atoms with Gasteiger partial charge < -0.3 is 20.4 Å². The molecule has 152 valence electrons. The maximum atomic E-state index is 11.3. The Labute approximate surface area is 163 Å². The van der Waals surface area contributed by atoms with Crippen LogP contribution in [-0.4, -0.2) is 52.1 Å². The van der Waals surface area contributed by atoms with Gasteiger partial charge in [-0.25, -0.2) is 9.97 Å². The lowest BCUT2D eigenvalue weighted by molar-refractivity contribution is -0.127. The highest BCUT2D eigenvalue weighted by Gasteiger charge is 2.26. The Balaban J connectivity index is 0.000000424. The number of nitrogens with zero attached hydrogens (tertiary/aromatic N) is 3. The molecule has 1 saturated heterocycles. The first-order valence-electron chi connectivity index (χ1n) is 9.54. The van der Waals surface area contributed by atoms with Crippen molar-refractivity contribution in [1.82, 2.24) is 19.9 Å². The number of nitrogens with two attached hydrogens (primary N) is 1. The van der Waals surface area contributed by atoms with Crippen molar-refractivity contribution in [3.05, 3.63) is 30.7 Å². The molecule has 0 radical (unpaired) electrons. The number of rotatable bonds is 3. The average molecular weight is 378 g/mol. The molecule has 2 aromatic heterocycles. The van der Waals surface area contributed by atoms with Gasteiger partial charge in [0.1, 0.15) is 17.8 Å². The van der Waals surface area contributed by atoms with Crippen molar-refractivity contribution in [1.29, 1.82) is 0 Å². The highest BCUT2D eigenvalue weighted by atomic mass is 16.5. The van der Waals surface area contributed by atoms with Gasteiger partial charge in [-0.05, 0) is 31.4 Å². The number of anilines is 1. The summed E-state index contributed by atoms with van der Waals surface area (Å²) in [6, 6.07) is 0.264. The zero-order chi connectivity index (χ0) is 20.8. The number of ether oxygens (including phenoxy) is 1. The summed E-state index contributed by atoms with van der Waals surface area (Å²) in [6.45, 7) is 14.9. The molecule has 1 fully saturated rings. The van der Waals surface area contributed by atoms with E-state index in [9.17, 15) is 4.79 Å². The molecule has 0 saturated carbocycles. The highest BCUT2D eigenvalue weighted by Crippen LogP contribution is 2.19. The van der Waals surface area contributed by atoms with Crippen molar-refractivity contribution in [3.8, 4) is 0 Å². The van der Waals surface area contributed by atoms with Crippen molar-refractivity contribution in [2.45, 2.75) is 53.5 Å². The minimum absolute atomic E-state index is 0.0227. The van der Waals surface area contributed by atoms with E-state index >= 15 is 0 Å². The maximum absolute atomic E-state index is 11.3. The molecule has 3 heterocycles. The number of likely N-dealkylation sites (tertiary alicyclic amines) is 1. The Bertz CT molecular complexity index is 684. The van der Waals surface area contributed by atoms with Crippen molar-refractivity contribution >= 4 is 22.8 Å². The lowest BCUT2D eigenvalue weighted by atomic mass is 10.2. The van der Waals surface area contributed by atoms with Gasteiger partial charge in [-0.3, -0.25) is 4.79 Å². The fraction of sp³-hybridized carbons (Fsp3) is 0.550. The monoisotopic (exact) mass is 377 g/mol. The Hall–Kier alpha value is -2.41. The number of aromatic amines is 1. The number of nitrogen functional groups attached to an aromatic ring is 1. The van der Waals surface area contributed by atoms with E-state index in [2.05, 4.69) is 21.5 Å². The van der Waals surface area contributed by atoms with Gasteiger partial charge in [0.2, 0.25) is 5.91 Å². The summed E-state index contributed by atoms with van der Waals surface area (Å²) in [5.74, 6) is 0.559. The molecule has 3 rings (SSSR count). The Kier molecular flexibility index (Phi) is 12.5. The first-order chi connectivity index (χ1) is 13.1. The van der Waals surface area contributed by atoms with E-state index in [1.54, 1.807) is 7.11 Å². The van der Waals surface area contributed by atoms with Crippen molar-refractivity contribution in [3.63, 3.8) is 0 Å². The van der Waals surface area contributed by atoms with Gasteiger partial charge in [0, 0.05) is 19.9 Å². The Morgan fingerprint density at radius 3 is 2.63 bits per heavy atom. The summed E-state index contributed by atoms with van der Waals surface area (Å²) >= 11 is 0. The van der Waals surface area contributed by atoms with Gasteiger partial charge in [-0.2, -0.15) is 0 Å². The zero-order valence-corrected chi connectivity index (χ0v) is 17.6. The summed E-state index contributed by atoms with van der Waals surface area (Å²) in [5.41, 5.74) is 7.51. The third-order valence-corrected chi connectivity index (χ3v) is 3.89. The third kappa shape index (κ3) is 7.02. The van der Waals surface area contributed by atoms with Crippen LogP contribution in [0, 0.1) is 6.92 Å². The fourth-order valence-corrected chi connectivity index (χ4v) is 2.75. The molecule has 0 aliphatic carbocycles. The van der Waals surface area contributed by atoms with Crippen LogP contribution in [-0.2, 0) is 9.53 Å². The van der Waals surface area contributed by atoms with E-state index < -0.39 is 0 Å². The summed E-state index contributed by atoms with van der Waals surface area (Å²) in [4.78, 5) is 24.0. The van der Waals surface area contributed by atoms with Crippen LogP contribution < -0.4 is 5.73 Å². The number of carbonyl (C=O) groups is 1. The molecule has 1 unspecified atom stereocenters. The third-order valence-electron chi connectivity index (χ3n) is 3.89. The minimum Gasteiger partial charge on any atom is -0.383 e. The van der Waals surface area contributed by atoms with Crippen molar-refractivity contribution < 1.29 is 9.53 Å². The highest BCUT2D eigenvalue weighted by molar-refractivity contribution is 5.88. The lowest BCUT2D eigenvalue weighted by Gasteiger charge is -2.22. The Morgan fingerprint density at radius 2 is 2.07 bits per heavy atom. The molecule has 1 amide bonds. The number of aromatic nitrogens is 3. The maximum Gasteiger partial charge on any atom is 0.246 e. The number of amides is 1. The lowest BCUT2D eigenvalue weighted by Crippen LogP contribution is -2.36. The number of fused-ring (bicyclic) bond motifs is 1. The number of hydrogen-bond donors (Lipinski definition) is 2. The Morgan fingerprint density at radius 1 is 1.41 bits per heavy atom. The van der Waals surface area contributed by atoms with Gasteiger partial charge in [-0.15, -0.1) is 0 Å². The predicted molar refractivity (Wildman–Crippen MR) is 113 cm³/mol. The van der Waals surface area contributed by atoms with Gasteiger partial charge in [0.15, 0.2) is 0 Å². The van der Waals surface area contributed by atoms with E-state index in [0.717, 1.165) is 36.0 Å². The molecule has 0 bridgehead atoms. The quantitative estimate of drug-likeness (QED) is 0.795. The molecule has 27 heavy (non-hydrogen) atoms. The smallest absolute Gasteiger partial charge is 0.246 e. The second-order valence-corrected chi connectivity index (χ2v) is 5.44. The van der Waals surface area contributed by atoms with Crippen LogP contribution in [0.2, 0.25) is 0 Å². The van der Waals surface area contributed by atoms with E-state index in [1.807, 2.05) is 45.7 Å². The van der Waals surface area contributed by atoms with E-state index in [0.29, 0.717) is 12.4 Å². The summed E-state index contributed by atoms with van der Waals surface area (Å²) < 4.78 is 5.02. The van der Waals surface area contributed by atoms with Gasteiger partial charge in [0.25, 0.3) is 0 Å². The van der Waals surface area contributed by atoms with E-state index in [1.165, 1.54) is 12.4 Å². The number of H-pyrrole nitrogens is 1. The van der Waals surface area contributed by atoms with E-state index in [4.69, 9.17) is 10.5 Å². The second-order valence-electron chi connectivity index (χ2n) is 5.44. The second kappa shape index (κ2) is 13.7. The topological polar surface area (TPSA) is 97.1 Å². The number of hydrogen-bond acceptors (Lipinski definition) is 5. The van der Waals surface area contributed by atoms with E-state index in [-0.39, 0.29) is 11.9 Å². The molecular weight excluding hydrogens is 342 g/mol. The molecule has 2 aromatic rings. The first kappa shape index (κ1) is 24.6. The van der Waals surface area contributed by atoms with Gasteiger partial charge in [0.05, 0.1) is 18.0 Å². The first-order valence-corrected chi connectivity index (χ1v) is 9.54. The normalized spacial score (nSPS) is 14.9. The molecule has 1 aliphatic rings. The fourth-order valence-electron chi connectivity index (χ4n) is 2.75.